The van der Waals surface area contributed by atoms with Gasteiger partial charge in [-0.1, -0.05) is 6.07 Å². The first-order valence-electron chi connectivity index (χ1n) is 11.0. The van der Waals surface area contributed by atoms with Crippen LogP contribution >= 0.6 is 0 Å². The third-order valence-electron chi connectivity index (χ3n) is 5.40. The van der Waals surface area contributed by atoms with E-state index in [1.807, 2.05) is 24.3 Å². The molecule has 0 aliphatic heterocycles. The first kappa shape index (κ1) is 22.8. The lowest BCUT2D eigenvalue weighted by Gasteiger charge is -2.12. The Kier molecular flexibility index (Phi) is 6.18. The summed E-state index contributed by atoms with van der Waals surface area (Å²) in [4.78, 5) is 8.45. The number of hydrogen-bond donors (Lipinski definition) is 3. The molecular weight excluding hydrogens is 472 g/mol. The normalized spacial score (nSPS) is 11.0. The number of nitrogens with one attached hydrogen (secondary N) is 3. The fourth-order valence-electron chi connectivity index (χ4n) is 3.67. The Hall–Kier alpha value is -4.94. The van der Waals surface area contributed by atoms with Crippen molar-refractivity contribution in [2.24, 2.45) is 0 Å². The average molecular weight is 493 g/mol. The fourth-order valence-corrected chi connectivity index (χ4v) is 4.72. The van der Waals surface area contributed by atoms with Crippen LogP contribution < -0.4 is 15.4 Å². The van der Waals surface area contributed by atoms with Gasteiger partial charge in [-0.3, -0.25) is 14.7 Å². The van der Waals surface area contributed by atoms with Gasteiger partial charge >= 0.3 is 0 Å². The van der Waals surface area contributed by atoms with Crippen molar-refractivity contribution in [2.45, 2.75) is 4.90 Å². The molecule has 3 aromatic carbocycles. The summed E-state index contributed by atoms with van der Waals surface area (Å²) in [6.07, 6.45) is 5.03. The van der Waals surface area contributed by atoms with E-state index in [-0.39, 0.29) is 4.90 Å². The molecule has 8 nitrogen and oxygen atoms in total. The molecule has 0 saturated heterocycles. The maximum atomic E-state index is 13.0. The molecule has 176 valence electrons. The van der Waals surface area contributed by atoms with Gasteiger partial charge in [0.05, 0.1) is 27.7 Å². The molecule has 0 bridgehead atoms. The number of sulfonamides is 1. The van der Waals surface area contributed by atoms with E-state index in [1.54, 1.807) is 67.1 Å². The smallest absolute Gasteiger partial charge is 0.261 e. The van der Waals surface area contributed by atoms with Crippen molar-refractivity contribution in [1.82, 2.24) is 9.97 Å². The van der Waals surface area contributed by atoms with E-state index in [9.17, 15) is 13.7 Å². The molecule has 0 atom stereocenters. The van der Waals surface area contributed by atoms with Crippen LogP contribution in [0.4, 0.5) is 28.4 Å². The van der Waals surface area contributed by atoms with E-state index in [0.29, 0.717) is 16.9 Å². The molecule has 5 rings (SSSR count). The molecule has 0 radical (unpaired) electrons. The summed E-state index contributed by atoms with van der Waals surface area (Å²) in [5, 5.41) is 16.5. The second kappa shape index (κ2) is 9.74. The van der Waals surface area contributed by atoms with E-state index < -0.39 is 10.0 Å². The molecule has 2 aromatic heterocycles. The lowest BCUT2D eigenvalue weighted by molar-refractivity contribution is 0.601. The van der Waals surface area contributed by atoms with Crippen molar-refractivity contribution in [3.05, 3.63) is 109 Å². The average Bonchev–Trinajstić information content (AvgIpc) is 2.89. The number of pyridine rings is 2. The molecule has 5 aromatic rings. The maximum Gasteiger partial charge on any atom is 0.261 e. The second-order valence-corrected chi connectivity index (χ2v) is 9.58. The molecule has 9 heteroatoms. The number of benzene rings is 3. The topological polar surface area (TPSA) is 120 Å². The molecule has 2 heterocycles. The van der Waals surface area contributed by atoms with Gasteiger partial charge in [-0.15, -0.1) is 0 Å². The predicted octanol–water partition coefficient (Wildman–Crippen LogP) is 5.79. The number of rotatable bonds is 7. The lowest BCUT2D eigenvalue weighted by Crippen LogP contribution is -2.13. The number of nitrogens with zero attached hydrogens (tertiary/aromatic N) is 3. The summed E-state index contributed by atoms with van der Waals surface area (Å²) < 4.78 is 28.6. The molecule has 36 heavy (non-hydrogen) atoms. The van der Waals surface area contributed by atoms with Gasteiger partial charge in [-0.05, 0) is 78.9 Å². The van der Waals surface area contributed by atoms with Crippen LogP contribution in [0.2, 0.25) is 0 Å². The Morgan fingerprint density at radius 1 is 0.722 bits per heavy atom. The number of hydrogen-bond acceptors (Lipinski definition) is 7. The zero-order valence-electron chi connectivity index (χ0n) is 18.9. The molecule has 0 unspecified atom stereocenters. The van der Waals surface area contributed by atoms with Gasteiger partial charge in [-0.2, -0.15) is 5.26 Å². The van der Waals surface area contributed by atoms with Gasteiger partial charge in [0, 0.05) is 46.7 Å². The fraction of sp³-hybridized carbons (Fsp3) is 0. The Morgan fingerprint density at radius 2 is 1.47 bits per heavy atom. The Bertz CT molecular complexity index is 1680. The standard InChI is InChI=1S/C27H20N6O2S/c28-18-19-4-9-26-25(16-19)27(12-15-30-26)32-20-5-7-24(8-6-20)36(34,35)33-23-3-1-2-22(17-23)31-21-10-13-29-14-11-21/h1-17,33H,(H,29,31)(H,30,32). The predicted molar refractivity (Wildman–Crippen MR) is 141 cm³/mol. The Labute approximate surface area is 208 Å². The van der Waals surface area contributed by atoms with Crippen LogP contribution in [-0.4, -0.2) is 18.4 Å². The van der Waals surface area contributed by atoms with Crippen LogP contribution in [0.5, 0.6) is 0 Å². The highest BCUT2D eigenvalue weighted by Crippen LogP contribution is 2.27. The quantitative estimate of drug-likeness (QED) is 0.263. The first-order valence-corrected chi connectivity index (χ1v) is 12.4. The highest BCUT2D eigenvalue weighted by Gasteiger charge is 2.15. The third-order valence-corrected chi connectivity index (χ3v) is 6.80. The SMILES string of the molecule is N#Cc1ccc2nccc(Nc3ccc(S(=O)(=O)Nc4cccc(Nc5ccncc5)c4)cc3)c2c1. The van der Waals surface area contributed by atoms with Crippen LogP contribution in [0.3, 0.4) is 0 Å². The van der Waals surface area contributed by atoms with Crippen LogP contribution in [-0.2, 0) is 10.0 Å². The van der Waals surface area contributed by atoms with Crippen LogP contribution in [0.1, 0.15) is 5.56 Å². The molecule has 3 N–H and O–H groups in total. The van der Waals surface area contributed by atoms with Crippen molar-refractivity contribution in [3.8, 4) is 6.07 Å². The van der Waals surface area contributed by atoms with Crippen molar-refractivity contribution in [3.63, 3.8) is 0 Å². The highest BCUT2D eigenvalue weighted by molar-refractivity contribution is 7.92. The van der Waals surface area contributed by atoms with E-state index in [1.165, 1.54) is 12.1 Å². The summed E-state index contributed by atoms with van der Waals surface area (Å²) in [5.74, 6) is 0. The van der Waals surface area contributed by atoms with E-state index in [2.05, 4.69) is 31.4 Å². The minimum Gasteiger partial charge on any atom is -0.355 e. The van der Waals surface area contributed by atoms with Gasteiger partial charge < -0.3 is 10.6 Å². The summed E-state index contributed by atoms with van der Waals surface area (Å²) in [6, 6.07) is 26.3. The summed E-state index contributed by atoms with van der Waals surface area (Å²) in [5.41, 5.74) is 4.78. The van der Waals surface area contributed by atoms with Gasteiger partial charge in [0.15, 0.2) is 0 Å². The maximum absolute atomic E-state index is 13.0. The molecular formula is C27H20N6O2S. The zero-order valence-corrected chi connectivity index (χ0v) is 19.7. The summed E-state index contributed by atoms with van der Waals surface area (Å²) in [6.45, 7) is 0. The van der Waals surface area contributed by atoms with Crippen LogP contribution in [0.15, 0.2) is 108 Å². The van der Waals surface area contributed by atoms with E-state index in [4.69, 9.17) is 0 Å². The summed E-state index contributed by atoms with van der Waals surface area (Å²) in [7, 11) is -3.80. The monoisotopic (exact) mass is 492 g/mol. The van der Waals surface area contributed by atoms with Gasteiger partial charge in [0.25, 0.3) is 10.0 Å². The third kappa shape index (κ3) is 5.09. The van der Waals surface area contributed by atoms with Crippen LogP contribution in [0.25, 0.3) is 10.9 Å². The lowest BCUT2D eigenvalue weighted by atomic mass is 10.1. The highest BCUT2D eigenvalue weighted by atomic mass is 32.2. The van der Waals surface area contributed by atoms with Gasteiger partial charge in [-0.25, -0.2) is 8.42 Å². The summed E-state index contributed by atoms with van der Waals surface area (Å²) >= 11 is 0. The van der Waals surface area contributed by atoms with Gasteiger partial charge in [0.2, 0.25) is 0 Å². The van der Waals surface area contributed by atoms with E-state index in [0.717, 1.165) is 28.0 Å². The number of anilines is 5. The molecule has 0 fully saturated rings. The van der Waals surface area contributed by atoms with Crippen LogP contribution in [0, 0.1) is 11.3 Å². The minimum absolute atomic E-state index is 0.131. The van der Waals surface area contributed by atoms with Crippen molar-refractivity contribution in [2.75, 3.05) is 15.4 Å². The molecule has 0 amide bonds. The number of aromatic nitrogens is 2. The minimum atomic E-state index is -3.80. The molecule has 0 aliphatic carbocycles. The molecule has 0 aliphatic rings. The number of fused-ring (bicyclic) bond motifs is 1. The van der Waals surface area contributed by atoms with E-state index >= 15 is 0 Å². The Morgan fingerprint density at radius 3 is 2.25 bits per heavy atom. The van der Waals surface area contributed by atoms with Crippen molar-refractivity contribution < 1.29 is 8.42 Å². The second-order valence-electron chi connectivity index (χ2n) is 7.90. The zero-order chi connectivity index (χ0) is 25.0. The van der Waals surface area contributed by atoms with Crippen molar-refractivity contribution in [1.29, 1.82) is 5.26 Å². The molecule has 0 spiro atoms. The number of nitriles is 1. The van der Waals surface area contributed by atoms with Gasteiger partial charge in [0.1, 0.15) is 0 Å². The molecule has 0 saturated carbocycles. The van der Waals surface area contributed by atoms with Crippen molar-refractivity contribution >= 4 is 49.4 Å². The largest absolute Gasteiger partial charge is 0.355 e. The first-order chi connectivity index (χ1) is 17.5. The Balaban J connectivity index is 1.33.